The topological polar surface area (TPSA) is 15.3 Å². The number of piperidine rings is 1. The number of aryl methyl sites for hydroxylation is 1. The van der Waals surface area contributed by atoms with Crippen molar-refractivity contribution in [2.24, 2.45) is 5.92 Å². The van der Waals surface area contributed by atoms with Gasteiger partial charge in [-0.15, -0.1) is 0 Å². The third-order valence-corrected chi connectivity index (χ3v) is 4.93. The number of para-hydroxylation sites is 1. The summed E-state index contributed by atoms with van der Waals surface area (Å²) in [6, 6.07) is 10.2. The van der Waals surface area contributed by atoms with Gasteiger partial charge in [-0.25, -0.2) is 0 Å². The maximum Gasteiger partial charge on any atom is 0.0373 e. The SMILES string of the molecule is CC1CCC(C)N(C2CCc3ccccc3NC2)C1. The zero-order valence-corrected chi connectivity index (χ0v) is 12.2. The maximum absolute atomic E-state index is 3.67. The Hall–Kier alpha value is -1.02. The van der Waals surface area contributed by atoms with Gasteiger partial charge in [0.25, 0.3) is 0 Å². The summed E-state index contributed by atoms with van der Waals surface area (Å²) in [5.41, 5.74) is 2.84. The molecule has 3 atom stereocenters. The number of anilines is 1. The maximum atomic E-state index is 3.67. The Kier molecular flexibility index (Phi) is 3.79. The molecule has 3 unspecified atom stereocenters. The summed E-state index contributed by atoms with van der Waals surface area (Å²) in [6.07, 6.45) is 5.27. The third-order valence-electron chi connectivity index (χ3n) is 4.93. The summed E-state index contributed by atoms with van der Waals surface area (Å²) in [7, 11) is 0. The lowest BCUT2D eigenvalue weighted by molar-refractivity contribution is 0.0786. The van der Waals surface area contributed by atoms with Gasteiger partial charge < -0.3 is 5.32 Å². The van der Waals surface area contributed by atoms with E-state index in [-0.39, 0.29) is 0 Å². The lowest BCUT2D eigenvalue weighted by Crippen LogP contribution is -2.49. The van der Waals surface area contributed by atoms with Crippen molar-refractivity contribution in [1.29, 1.82) is 0 Å². The zero-order valence-electron chi connectivity index (χ0n) is 12.2. The van der Waals surface area contributed by atoms with Crippen LogP contribution in [0.4, 0.5) is 5.69 Å². The van der Waals surface area contributed by atoms with Gasteiger partial charge in [0.2, 0.25) is 0 Å². The van der Waals surface area contributed by atoms with Gasteiger partial charge in [-0.05, 0) is 50.2 Å². The van der Waals surface area contributed by atoms with Crippen LogP contribution >= 0.6 is 0 Å². The quantitative estimate of drug-likeness (QED) is 0.829. The summed E-state index contributed by atoms with van der Waals surface area (Å²) >= 11 is 0. The van der Waals surface area contributed by atoms with Crippen molar-refractivity contribution in [2.45, 2.75) is 51.6 Å². The number of nitrogens with one attached hydrogen (secondary N) is 1. The number of likely N-dealkylation sites (tertiary alicyclic amines) is 1. The van der Waals surface area contributed by atoms with Gasteiger partial charge in [-0.1, -0.05) is 25.1 Å². The van der Waals surface area contributed by atoms with Crippen LogP contribution in [0, 0.1) is 5.92 Å². The Bertz CT molecular complexity index is 402. The van der Waals surface area contributed by atoms with Crippen molar-refractivity contribution in [3.05, 3.63) is 29.8 Å². The highest BCUT2D eigenvalue weighted by atomic mass is 15.2. The van der Waals surface area contributed by atoms with Gasteiger partial charge in [-0.2, -0.15) is 0 Å². The van der Waals surface area contributed by atoms with Crippen LogP contribution in [0.15, 0.2) is 24.3 Å². The predicted molar refractivity (Wildman–Crippen MR) is 81.6 cm³/mol. The van der Waals surface area contributed by atoms with Crippen molar-refractivity contribution in [3.8, 4) is 0 Å². The number of nitrogens with zero attached hydrogens (tertiary/aromatic N) is 1. The first-order valence-electron chi connectivity index (χ1n) is 7.81. The summed E-state index contributed by atoms with van der Waals surface area (Å²) in [5, 5.41) is 3.67. The van der Waals surface area contributed by atoms with Crippen LogP contribution in [-0.2, 0) is 6.42 Å². The minimum absolute atomic E-state index is 0.699. The summed E-state index contributed by atoms with van der Waals surface area (Å²) in [6.45, 7) is 7.19. The molecular formula is C17H26N2. The molecule has 0 bridgehead atoms. The average Bonchev–Trinajstić information content (AvgIpc) is 2.64. The lowest BCUT2D eigenvalue weighted by atomic mass is 9.92. The largest absolute Gasteiger partial charge is 0.383 e. The first-order chi connectivity index (χ1) is 9.24. The van der Waals surface area contributed by atoms with Gasteiger partial charge in [0, 0.05) is 30.9 Å². The molecule has 0 amide bonds. The van der Waals surface area contributed by atoms with E-state index in [0.717, 1.165) is 18.5 Å². The molecule has 2 aliphatic rings. The molecule has 1 aromatic carbocycles. The summed E-state index contributed by atoms with van der Waals surface area (Å²) < 4.78 is 0. The first-order valence-corrected chi connectivity index (χ1v) is 7.81. The van der Waals surface area contributed by atoms with E-state index in [0.29, 0.717) is 6.04 Å². The second-order valence-electron chi connectivity index (χ2n) is 6.46. The number of hydrogen-bond donors (Lipinski definition) is 1. The highest BCUT2D eigenvalue weighted by Crippen LogP contribution is 2.28. The van der Waals surface area contributed by atoms with E-state index < -0.39 is 0 Å². The molecule has 0 spiro atoms. The molecule has 104 valence electrons. The standard InChI is InChI=1S/C17H26N2/c1-13-7-8-14(2)19(12-13)16-10-9-15-5-3-4-6-17(15)18-11-16/h3-6,13-14,16,18H,7-12H2,1-2H3. The average molecular weight is 258 g/mol. The fourth-order valence-electron chi connectivity index (χ4n) is 3.68. The minimum atomic E-state index is 0.699. The molecular weight excluding hydrogens is 232 g/mol. The van der Waals surface area contributed by atoms with Crippen LogP contribution in [-0.4, -0.2) is 30.1 Å². The van der Waals surface area contributed by atoms with Crippen LogP contribution in [0.2, 0.25) is 0 Å². The fraction of sp³-hybridized carbons (Fsp3) is 0.647. The minimum Gasteiger partial charge on any atom is -0.383 e. The van der Waals surface area contributed by atoms with Crippen LogP contribution < -0.4 is 5.32 Å². The van der Waals surface area contributed by atoms with Crippen molar-refractivity contribution < 1.29 is 0 Å². The highest BCUT2D eigenvalue weighted by Gasteiger charge is 2.29. The van der Waals surface area contributed by atoms with Gasteiger partial charge >= 0.3 is 0 Å². The Morgan fingerprint density at radius 3 is 2.84 bits per heavy atom. The highest BCUT2D eigenvalue weighted by molar-refractivity contribution is 5.52. The second kappa shape index (κ2) is 5.54. The number of rotatable bonds is 1. The molecule has 0 radical (unpaired) electrons. The molecule has 2 heteroatoms. The van der Waals surface area contributed by atoms with Crippen LogP contribution in [0.3, 0.4) is 0 Å². The van der Waals surface area contributed by atoms with Crippen molar-refractivity contribution in [1.82, 2.24) is 4.90 Å². The van der Waals surface area contributed by atoms with E-state index in [4.69, 9.17) is 0 Å². The predicted octanol–water partition coefficient (Wildman–Crippen LogP) is 3.53. The molecule has 2 nitrogen and oxygen atoms in total. The normalized spacial score (nSPS) is 32.2. The van der Waals surface area contributed by atoms with Gasteiger partial charge in [-0.3, -0.25) is 4.90 Å². The van der Waals surface area contributed by atoms with E-state index in [1.807, 2.05) is 0 Å². The van der Waals surface area contributed by atoms with E-state index in [1.54, 1.807) is 0 Å². The number of benzene rings is 1. The van der Waals surface area contributed by atoms with Gasteiger partial charge in [0.05, 0.1) is 0 Å². The Morgan fingerprint density at radius 2 is 1.95 bits per heavy atom. The monoisotopic (exact) mass is 258 g/mol. The fourth-order valence-corrected chi connectivity index (χ4v) is 3.68. The molecule has 1 saturated heterocycles. The third kappa shape index (κ3) is 2.79. The Morgan fingerprint density at radius 1 is 1.11 bits per heavy atom. The van der Waals surface area contributed by atoms with E-state index in [1.165, 1.54) is 43.5 Å². The van der Waals surface area contributed by atoms with E-state index in [2.05, 4.69) is 48.3 Å². The molecule has 1 N–H and O–H groups in total. The summed E-state index contributed by atoms with van der Waals surface area (Å²) in [5.74, 6) is 0.863. The molecule has 0 aromatic heterocycles. The van der Waals surface area contributed by atoms with Gasteiger partial charge in [0.15, 0.2) is 0 Å². The van der Waals surface area contributed by atoms with Crippen molar-refractivity contribution in [2.75, 3.05) is 18.4 Å². The Labute approximate surface area is 117 Å². The molecule has 1 fully saturated rings. The molecule has 2 heterocycles. The van der Waals surface area contributed by atoms with Crippen LogP contribution in [0.5, 0.6) is 0 Å². The van der Waals surface area contributed by atoms with Crippen LogP contribution in [0.25, 0.3) is 0 Å². The molecule has 3 rings (SSSR count). The molecule has 0 aliphatic carbocycles. The van der Waals surface area contributed by atoms with Crippen molar-refractivity contribution >= 4 is 5.69 Å². The smallest absolute Gasteiger partial charge is 0.0373 e. The Balaban J connectivity index is 1.71. The summed E-state index contributed by atoms with van der Waals surface area (Å²) in [4.78, 5) is 2.76. The lowest BCUT2D eigenvalue weighted by Gasteiger charge is -2.42. The van der Waals surface area contributed by atoms with Gasteiger partial charge in [0.1, 0.15) is 0 Å². The molecule has 1 aromatic rings. The van der Waals surface area contributed by atoms with E-state index >= 15 is 0 Å². The number of hydrogen-bond acceptors (Lipinski definition) is 2. The zero-order chi connectivity index (χ0) is 13.2. The first kappa shape index (κ1) is 13.0. The van der Waals surface area contributed by atoms with Crippen molar-refractivity contribution in [3.63, 3.8) is 0 Å². The number of fused-ring (bicyclic) bond motifs is 1. The second-order valence-corrected chi connectivity index (χ2v) is 6.46. The molecule has 0 saturated carbocycles. The van der Waals surface area contributed by atoms with E-state index in [9.17, 15) is 0 Å². The van der Waals surface area contributed by atoms with Crippen LogP contribution in [0.1, 0.15) is 38.7 Å². The molecule has 2 aliphatic heterocycles. The molecule has 19 heavy (non-hydrogen) atoms.